The molecule has 0 aliphatic heterocycles. The van der Waals surface area contributed by atoms with E-state index in [1.165, 1.54) is 11.1 Å². The van der Waals surface area contributed by atoms with E-state index < -0.39 is 5.54 Å². The van der Waals surface area contributed by atoms with Crippen LogP contribution < -0.4 is 0 Å². The molecule has 1 heterocycles. The van der Waals surface area contributed by atoms with Crippen molar-refractivity contribution in [2.24, 2.45) is 5.92 Å². The average Bonchev–Trinajstić information content (AvgIpc) is 3.40. The smallest absolute Gasteiger partial charge is 0.290 e. The highest BCUT2D eigenvalue weighted by atomic mass is 16.4. The molecule has 0 bridgehead atoms. The molecule has 1 amide bonds. The van der Waals surface area contributed by atoms with Gasteiger partial charge in [0, 0.05) is 6.54 Å². The maximum atomic E-state index is 13.4. The molecule has 0 unspecified atom stereocenters. The van der Waals surface area contributed by atoms with Gasteiger partial charge in [0.25, 0.3) is 5.91 Å². The Morgan fingerprint density at radius 1 is 1.07 bits per heavy atom. The van der Waals surface area contributed by atoms with Gasteiger partial charge in [-0.15, -0.1) is 18.9 Å². The third-order valence-corrected chi connectivity index (χ3v) is 6.14. The first kappa shape index (κ1) is 46.0. The molecule has 240 valence electrons. The Hall–Kier alpha value is -2.99. The fourth-order valence-electron chi connectivity index (χ4n) is 4.02. The number of hydrogen-bond donors (Lipinski definition) is 0. The minimum Gasteiger partial charge on any atom is -0.451 e. The summed E-state index contributed by atoms with van der Waals surface area (Å²) >= 11 is 0. The van der Waals surface area contributed by atoms with Crippen LogP contribution in [-0.4, -0.2) is 22.9 Å². The number of aryl methyl sites for hydroxylation is 1. The van der Waals surface area contributed by atoms with E-state index in [2.05, 4.69) is 70.1 Å². The lowest BCUT2D eigenvalue weighted by molar-refractivity contribution is 0.0592. The predicted molar refractivity (Wildman–Crippen MR) is 192 cm³/mol. The summed E-state index contributed by atoms with van der Waals surface area (Å²) in [6.07, 6.45) is 22.9. The number of amides is 1. The van der Waals surface area contributed by atoms with Crippen LogP contribution >= 0.6 is 0 Å². The van der Waals surface area contributed by atoms with E-state index in [0.717, 1.165) is 37.0 Å². The molecule has 42 heavy (non-hydrogen) atoms. The number of allylic oxidation sites excluding steroid dienone is 8. The van der Waals surface area contributed by atoms with Gasteiger partial charge in [0.15, 0.2) is 5.76 Å². The molecule has 0 fully saturated rings. The monoisotopic (exact) mass is 582 g/mol. The number of rotatable bonds is 13. The zero-order valence-corrected chi connectivity index (χ0v) is 30.3. The predicted octanol–water partition coefficient (Wildman–Crippen LogP) is 12.4. The van der Waals surface area contributed by atoms with Crippen LogP contribution in [0.5, 0.6) is 0 Å². The molecule has 1 rings (SSSR count). The molecule has 0 radical (unpaired) electrons. The number of hydrogen-bond acceptors (Lipinski definition) is 2. The lowest BCUT2D eigenvalue weighted by atomic mass is 9.89. The molecule has 3 nitrogen and oxygen atoms in total. The third kappa shape index (κ3) is 17.1. The third-order valence-electron chi connectivity index (χ3n) is 6.14. The Balaban J connectivity index is -0.000000721. The summed E-state index contributed by atoms with van der Waals surface area (Å²) in [7, 11) is 0. The number of furan rings is 1. The van der Waals surface area contributed by atoms with Crippen molar-refractivity contribution >= 4 is 11.5 Å². The maximum Gasteiger partial charge on any atom is 0.290 e. The first-order valence-corrected chi connectivity index (χ1v) is 16.2. The first-order chi connectivity index (χ1) is 20.1. The minimum atomic E-state index is -0.443. The van der Waals surface area contributed by atoms with E-state index in [1.54, 1.807) is 6.92 Å². The summed E-state index contributed by atoms with van der Waals surface area (Å²) in [4.78, 5) is 15.3. The van der Waals surface area contributed by atoms with E-state index >= 15 is 0 Å². The largest absolute Gasteiger partial charge is 0.451 e. The van der Waals surface area contributed by atoms with Crippen molar-refractivity contribution in [2.75, 3.05) is 6.54 Å². The molecule has 1 aromatic rings. The highest BCUT2D eigenvalue weighted by molar-refractivity contribution is 5.93. The van der Waals surface area contributed by atoms with Gasteiger partial charge in [-0.25, -0.2) is 0 Å². The van der Waals surface area contributed by atoms with Crippen LogP contribution in [0, 0.1) is 25.2 Å². The van der Waals surface area contributed by atoms with Crippen molar-refractivity contribution in [1.82, 2.24) is 4.90 Å². The summed E-state index contributed by atoms with van der Waals surface area (Å²) in [5.41, 5.74) is 2.99. The van der Waals surface area contributed by atoms with Gasteiger partial charge in [-0.3, -0.25) is 4.79 Å². The second-order valence-corrected chi connectivity index (χ2v) is 9.37. The van der Waals surface area contributed by atoms with Crippen LogP contribution in [0.1, 0.15) is 144 Å². The Bertz CT molecular complexity index is 973. The molecular weight excluding hydrogens is 514 g/mol. The van der Waals surface area contributed by atoms with Gasteiger partial charge in [0.2, 0.25) is 0 Å². The molecule has 1 aromatic heterocycles. The topological polar surface area (TPSA) is 33.5 Å². The fourth-order valence-corrected chi connectivity index (χ4v) is 4.02. The van der Waals surface area contributed by atoms with Crippen molar-refractivity contribution < 1.29 is 9.21 Å². The SMILES string of the molecule is C#CC.C=CC(C)(C)N(CCC)C(=O)c1cc(C)c(/C(=C\CC(/C=C\C)=C/C=C/C)C(CC)CC)o1.CC.CC.CC. The number of terminal acetylenes is 1. The Morgan fingerprint density at radius 3 is 2.00 bits per heavy atom. The second kappa shape index (κ2) is 29.5. The molecule has 0 atom stereocenters. The standard InChI is InChI=1S/C30H45NO2.C3H4.3C2H6/c1-10-16-18-24(17-11-2)19-20-26(25(13-4)14-5)28-23(7)22-27(33-28)29(32)31(21-12-3)30(8,9)15-6;1-3-2;3*1-2/h10-11,15-18,20,22,25H,6,12-14,19,21H2,1-5,7-9H3;1H,2H3;3*1-2H3/b16-10+,17-11-,24-18+,26-20-;;;;. The van der Waals surface area contributed by atoms with E-state index in [9.17, 15) is 4.79 Å². The van der Waals surface area contributed by atoms with Gasteiger partial charge < -0.3 is 9.32 Å². The van der Waals surface area contributed by atoms with Crippen molar-refractivity contribution in [3.05, 3.63) is 77.8 Å². The van der Waals surface area contributed by atoms with Gasteiger partial charge >= 0.3 is 0 Å². The van der Waals surface area contributed by atoms with Gasteiger partial charge in [-0.1, -0.05) is 105 Å². The molecule has 0 N–H and O–H groups in total. The van der Waals surface area contributed by atoms with E-state index in [4.69, 9.17) is 4.42 Å². The van der Waals surface area contributed by atoms with Crippen LogP contribution in [0.25, 0.3) is 5.57 Å². The van der Waals surface area contributed by atoms with Gasteiger partial charge in [-0.2, -0.15) is 0 Å². The molecule has 0 aromatic carbocycles. The molecule has 0 saturated carbocycles. The summed E-state index contributed by atoms with van der Waals surface area (Å²) in [6, 6.07) is 1.90. The highest BCUT2D eigenvalue weighted by Gasteiger charge is 2.31. The summed E-state index contributed by atoms with van der Waals surface area (Å²) in [5.74, 6) is 3.79. The Morgan fingerprint density at radius 2 is 1.60 bits per heavy atom. The molecule has 0 saturated heterocycles. The van der Waals surface area contributed by atoms with Gasteiger partial charge in [0.05, 0.1) is 5.54 Å². The Kier molecular flexibility index (Phi) is 32.3. The zero-order valence-electron chi connectivity index (χ0n) is 30.3. The first-order valence-electron chi connectivity index (χ1n) is 16.2. The van der Waals surface area contributed by atoms with Crippen LogP contribution in [0.15, 0.2) is 65.2 Å². The molecule has 3 heteroatoms. The van der Waals surface area contributed by atoms with Crippen LogP contribution in [0.4, 0.5) is 0 Å². The minimum absolute atomic E-state index is 0.0809. The quantitative estimate of drug-likeness (QED) is 0.132. The van der Waals surface area contributed by atoms with Gasteiger partial charge in [0.1, 0.15) is 5.76 Å². The second-order valence-electron chi connectivity index (χ2n) is 9.37. The van der Waals surface area contributed by atoms with E-state index in [-0.39, 0.29) is 5.91 Å². The lowest BCUT2D eigenvalue weighted by Gasteiger charge is -2.35. The van der Waals surface area contributed by atoms with Crippen molar-refractivity contribution in [3.8, 4) is 12.3 Å². The maximum absolute atomic E-state index is 13.4. The van der Waals surface area contributed by atoms with Gasteiger partial charge in [-0.05, 0) is 95.9 Å². The van der Waals surface area contributed by atoms with Crippen molar-refractivity contribution in [3.63, 3.8) is 0 Å². The molecule has 0 aliphatic carbocycles. The van der Waals surface area contributed by atoms with Crippen molar-refractivity contribution in [2.45, 2.75) is 135 Å². The Labute approximate surface area is 262 Å². The number of nitrogens with zero attached hydrogens (tertiary/aromatic N) is 1. The van der Waals surface area contributed by atoms with Crippen LogP contribution in [0.3, 0.4) is 0 Å². The summed E-state index contributed by atoms with van der Waals surface area (Å²) in [6.45, 7) is 34.9. The number of carbonyl (C=O) groups excluding carboxylic acids is 1. The van der Waals surface area contributed by atoms with Crippen LogP contribution in [-0.2, 0) is 0 Å². The fraction of sp³-hybridized carbons (Fsp3) is 0.564. The van der Waals surface area contributed by atoms with Crippen molar-refractivity contribution in [1.29, 1.82) is 0 Å². The van der Waals surface area contributed by atoms with E-state index in [0.29, 0.717) is 18.2 Å². The lowest BCUT2D eigenvalue weighted by Crippen LogP contribution is -2.46. The molecule has 0 aliphatic rings. The number of carbonyl (C=O) groups is 1. The normalized spacial score (nSPS) is 11.2. The van der Waals surface area contributed by atoms with E-state index in [1.807, 2.05) is 99.3 Å². The van der Waals surface area contributed by atoms with Crippen LogP contribution in [0.2, 0.25) is 0 Å². The zero-order chi connectivity index (χ0) is 33.7. The summed E-state index contributed by atoms with van der Waals surface area (Å²) < 4.78 is 6.32. The molecular formula is C39H67NO2. The molecule has 0 spiro atoms. The summed E-state index contributed by atoms with van der Waals surface area (Å²) in [5, 5.41) is 0. The highest BCUT2D eigenvalue weighted by Crippen LogP contribution is 2.34. The average molecular weight is 582 g/mol.